The summed E-state index contributed by atoms with van der Waals surface area (Å²) >= 11 is 5.92. The van der Waals surface area contributed by atoms with Gasteiger partial charge in [-0.1, -0.05) is 25.4 Å². The number of benzene rings is 1. The average Bonchev–Trinajstić information content (AvgIpc) is 3.06. The van der Waals surface area contributed by atoms with E-state index in [4.69, 9.17) is 16.7 Å². The number of rotatable bonds is 4. The van der Waals surface area contributed by atoms with Crippen molar-refractivity contribution in [3.63, 3.8) is 0 Å². The van der Waals surface area contributed by atoms with E-state index >= 15 is 0 Å². The molecule has 1 aliphatic carbocycles. The minimum Gasteiger partial charge on any atom is -0.481 e. The Morgan fingerprint density at radius 1 is 1.56 bits per heavy atom. The molecule has 1 N–H and O–H groups in total. The van der Waals surface area contributed by atoms with Crippen LogP contribution in [0.2, 0.25) is 5.02 Å². The van der Waals surface area contributed by atoms with Gasteiger partial charge in [0, 0.05) is 0 Å². The first kappa shape index (κ1) is 13.3. The topological polar surface area (TPSA) is 37.3 Å². The van der Waals surface area contributed by atoms with Crippen molar-refractivity contribution in [3.05, 3.63) is 33.6 Å². The maximum atomic E-state index is 14.1. The maximum Gasteiger partial charge on any atom is 0.307 e. The first-order valence-electron chi connectivity index (χ1n) is 6.14. The maximum absolute atomic E-state index is 14.1. The zero-order valence-corrected chi connectivity index (χ0v) is 11.2. The molecule has 98 valence electrons. The van der Waals surface area contributed by atoms with Crippen molar-refractivity contribution < 1.29 is 14.3 Å². The summed E-state index contributed by atoms with van der Waals surface area (Å²) < 4.78 is 14.1. The van der Waals surface area contributed by atoms with Crippen LogP contribution in [0.4, 0.5) is 4.39 Å². The van der Waals surface area contributed by atoms with E-state index in [0.29, 0.717) is 11.1 Å². The normalized spacial score (nSPS) is 15.2. The zero-order valence-electron chi connectivity index (χ0n) is 10.5. The summed E-state index contributed by atoms with van der Waals surface area (Å²) in [5, 5.41) is 9.11. The Bertz CT molecular complexity index is 493. The molecule has 1 aliphatic rings. The van der Waals surface area contributed by atoms with Crippen molar-refractivity contribution in [2.24, 2.45) is 0 Å². The van der Waals surface area contributed by atoms with Crippen LogP contribution >= 0.6 is 11.6 Å². The number of carbonyl (C=O) groups is 1. The highest BCUT2D eigenvalue weighted by Crippen LogP contribution is 2.46. The third-order valence-electron chi connectivity index (χ3n) is 3.34. The first-order chi connectivity index (χ1) is 8.41. The van der Waals surface area contributed by atoms with Gasteiger partial charge in [0.25, 0.3) is 0 Å². The molecule has 0 aromatic heterocycles. The van der Waals surface area contributed by atoms with Crippen LogP contribution < -0.4 is 0 Å². The number of carboxylic acids is 1. The first-order valence-corrected chi connectivity index (χ1v) is 6.52. The molecule has 0 saturated heterocycles. The zero-order chi connectivity index (χ0) is 13.4. The van der Waals surface area contributed by atoms with E-state index in [1.54, 1.807) is 6.07 Å². The summed E-state index contributed by atoms with van der Waals surface area (Å²) in [4.78, 5) is 11.0. The van der Waals surface area contributed by atoms with Gasteiger partial charge in [-0.25, -0.2) is 4.39 Å². The molecule has 0 aliphatic heterocycles. The van der Waals surface area contributed by atoms with Crippen LogP contribution in [0.15, 0.2) is 6.07 Å². The highest BCUT2D eigenvalue weighted by Gasteiger charge is 2.32. The Kier molecular flexibility index (Phi) is 3.62. The molecule has 0 amide bonds. The Morgan fingerprint density at radius 3 is 2.61 bits per heavy atom. The molecule has 1 fully saturated rings. The van der Waals surface area contributed by atoms with E-state index in [2.05, 4.69) is 0 Å². The van der Waals surface area contributed by atoms with Crippen molar-refractivity contribution in [2.75, 3.05) is 0 Å². The van der Waals surface area contributed by atoms with Gasteiger partial charge >= 0.3 is 5.97 Å². The van der Waals surface area contributed by atoms with E-state index in [9.17, 15) is 9.18 Å². The third-order valence-corrected chi connectivity index (χ3v) is 3.61. The molecular formula is C14H16ClFO2. The predicted octanol–water partition coefficient (Wildman–Crippen LogP) is 4.11. The molecule has 4 heteroatoms. The van der Waals surface area contributed by atoms with Gasteiger partial charge in [-0.05, 0) is 47.4 Å². The largest absolute Gasteiger partial charge is 0.481 e. The lowest BCUT2D eigenvalue weighted by Crippen LogP contribution is -2.10. The molecule has 2 rings (SSSR count). The molecule has 1 aromatic rings. The fourth-order valence-electron chi connectivity index (χ4n) is 2.36. The standard InChI is InChI=1S/C14H16ClFO2/c1-7(2)9-5-11(15)14(16)13(8-3-4-8)10(9)6-12(17)18/h5,7-8H,3-4,6H2,1-2H3,(H,17,18). The minimum absolute atomic E-state index is 0.106. The predicted molar refractivity (Wildman–Crippen MR) is 68.8 cm³/mol. The second-order valence-electron chi connectivity index (χ2n) is 5.15. The summed E-state index contributed by atoms with van der Waals surface area (Å²) in [6.45, 7) is 3.93. The van der Waals surface area contributed by atoms with Crippen molar-refractivity contribution in [3.8, 4) is 0 Å². The molecular weight excluding hydrogens is 255 g/mol. The van der Waals surface area contributed by atoms with Gasteiger partial charge in [-0.15, -0.1) is 0 Å². The van der Waals surface area contributed by atoms with Crippen molar-refractivity contribution in [2.45, 2.75) is 44.9 Å². The molecule has 0 bridgehead atoms. The van der Waals surface area contributed by atoms with Gasteiger partial charge in [-0.3, -0.25) is 4.79 Å². The SMILES string of the molecule is CC(C)c1cc(Cl)c(F)c(C2CC2)c1CC(=O)O. The van der Waals surface area contributed by atoms with Crippen LogP contribution in [-0.4, -0.2) is 11.1 Å². The second kappa shape index (κ2) is 4.88. The molecule has 1 saturated carbocycles. The Morgan fingerprint density at radius 2 is 2.17 bits per heavy atom. The minimum atomic E-state index is -0.930. The van der Waals surface area contributed by atoms with Crippen LogP contribution in [-0.2, 0) is 11.2 Å². The third kappa shape index (κ3) is 2.51. The summed E-state index contributed by atoms with van der Waals surface area (Å²) in [6, 6.07) is 1.58. The fraction of sp³-hybridized carbons (Fsp3) is 0.500. The highest BCUT2D eigenvalue weighted by molar-refractivity contribution is 6.31. The van der Waals surface area contributed by atoms with Gasteiger partial charge in [0.15, 0.2) is 0 Å². The Labute approximate surface area is 111 Å². The molecule has 2 nitrogen and oxygen atoms in total. The quantitative estimate of drug-likeness (QED) is 0.894. The lowest BCUT2D eigenvalue weighted by atomic mass is 9.89. The van der Waals surface area contributed by atoms with Gasteiger partial charge in [0.05, 0.1) is 11.4 Å². The van der Waals surface area contributed by atoms with Crippen LogP contribution in [0.5, 0.6) is 0 Å². The molecule has 0 radical (unpaired) electrons. The molecule has 18 heavy (non-hydrogen) atoms. The Hall–Kier alpha value is -1.09. The summed E-state index contributed by atoms with van der Waals surface area (Å²) in [5.74, 6) is -1.08. The number of hydrogen-bond acceptors (Lipinski definition) is 1. The average molecular weight is 271 g/mol. The second-order valence-corrected chi connectivity index (χ2v) is 5.56. The molecule has 0 unspecified atom stereocenters. The number of halogens is 2. The van der Waals surface area contributed by atoms with Crippen LogP contribution in [0, 0.1) is 5.82 Å². The molecule has 0 heterocycles. The van der Waals surface area contributed by atoms with Crippen molar-refractivity contribution in [1.82, 2.24) is 0 Å². The van der Waals surface area contributed by atoms with E-state index < -0.39 is 11.8 Å². The highest BCUT2D eigenvalue weighted by atomic mass is 35.5. The van der Waals surface area contributed by atoms with Crippen molar-refractivity contribution in [1.29, 1.82) is 0 Å². The molecule has 1 aromatic carbocycles. The van der Waals surface area contributed by atoms with E-state index in [0.717, 1.165) is 18.4 Å². The van der Waals surface area contributed by atoms with E-state index in [1.807, 2.05) is 13.8 Å². The molecule has 0 atom stereocenters. The lowest BCUT2D eigenvalue weighted by Gasteiger charge is -2.18. The summed E-state index contributed by atoms with van der Waals surface area (Å²) in [5.41, 5.74) is 2.02. The van der Waals surface area contributed by atoms with E-state index in [-0.39, 0.29) is 23.3 Å². The van der Waals surface area contributed by atoms with E-state index in [1.165, 1.54) is 0 Å². The lowest BCUT2D eigenvalue weighted by molar-refractivity contribution is -0.136. The summed E-state index contributed by atoms with van der Waals surface area (Å²) in [7, 11) is 0. The Balaban J connectivity index is 2.62. The van der Waals surface area contributed by atoms with Gasteiger partial charge in [0.2, 0.25) is 0 Å². The molecule has 0 spiro atoms. The van der Waals surface area contributed by atoms with Crippen molar-refractivity contribution >= 4 is 17.6 Å². The monoisotopic (exact) mass is 270 g/mol. The van der Waals surface area contributed by atoms with Crippen LogP contribution in [0.1, 0.15) is 55.2 Å². The van der Waals surface area contributed by atoms with Crippen LogP contribution in [0.25, 0.3) is 0 Å². The summed E-state index contributed by atoms with van der Waals surface area (Å²) in [6.07, 6.45) is 1.70. The number of hydrogen-bond donors (Lipinski definition) is 1. The smallest absolute Gasteiger partial charge is 0.307 e. The van der Waals surface area contributed by atoms with Gasteiger partial charge in [0.1, 0.15) is 5.82 Å². The van der Waals surface area contributed by atoms with Crippen LogP contribution in [0.3, 0.4) is 0 Å². The van der Waals surface area contributed by atoms with Gasteiger partial charge < -0.3 is 5.11 Å². The fourth-order valence-corrected chi connectivity index (χ4v) is 2.58. The number of carboxylic acid groups (broad SMARTS) is 1. The number of aliphatic carboxylic acids is 1. The van der Waals surface area contributed by atoms with Gasteiger partial charge in [-0.2, -0.15) is 0 Å².